The van der Waals surface area contributed by atoms with E-state index in [4.69, 9.17) is 0 Å². The van der Waals surface area contributed by atoms with E-state index in [-0.39, 0.29) is 11.8 Å². The smallest absolute Gasteiger partial charge is 0.258 e. The molecule has 0 bridgehead atoms. The van der Waals surface area contributed by atoms with E-state index >= 15 is 0 Å². The molecule has 1 aliphatic heterocycles. The molecule has 4 nitrogen and oxygen atoms in total. The number of fused-ring (bicyclic) bond motifs is 1. The number of para-hydroxylation sites is 1. The van der Waals surface area contributed by atoms with Gasteiger partial charge in [-0.05, 0) is 42.7 Å². The van der Waals surface area contributed by atoms with Crippen LogP contribution in [0.25, 0.3) is 0 Å². The fourth-order valence-corrected chi connectivity index (χ4v) is 2.96. The Balaban J connectivity index is 1.86. The summed E-state index contributed by atoms with van der Waals surface area (Å²) in [6.07, 6.45) is 3.56. The van der Waals surface area contributed by atoms with Crippen molar-refractivity contribution in [3.63, 3.8) is 0 Å². The van der Waals surface area contributed by atoms with E-state index in [0.29, 0.717) is 24.2 Å². The summed E-state index contributed by atoms with van der Waals surface area (Å²) in [6.45, 7) is 4.68. The highest BCUT2D eigenvalue weighted by Gasteiger charge is 2.23. The standard InChI is InChI=1S/C20H20N2O2/c1-2-12-21-19(23)16-8-5-9-17(14-16)20(24)22-13-6-10-15-7-3-4-11-18(15)22/h2-5,7-9,11,14H,1,6,10,12-13H2,(H,21,23). The number of rotatable bonds is 4. The van der Waals surface area contributed by atoms with E-state index in [2.05, 4.69) is 18.0 Å². The fourth-order valence-electron chi connectivity index (χ4n) is 2.96. The number of hydrogen-bond donors (Lipinski definition) is 1. The Kier molecular flexibility index (Phi) is 4.75. The third kappa shape index (κ3) is 3.23. The lowest BCUT2D eigenvalue weighted by Gasteiger charge is -2.29. The Morgan fingerprint density at radius 1 is 1.12 bits per heavy atom. The summed E-state index contributed by atoms with van der Waals surface area (Å²) in [5.41, 5.74) is 3.16. The molecule has 122 valence electrons. The fraction of sp³-hybridized carbons (Fsp3) is 0.200. The third-order valence-electron chi connectivity index (χ3n) is 4.13. The number of hydrogen-bond acceptors (Lipinski definition) is 2. The van der Waals surface area contributed by atoms with Crippen LogP contribution in [0.5, 0.6) is 0 Å². The van der Waals surface area contributed by atoms with Crippen LogP contribution >= 0.6 is 0 Å². The minimum absolute atomic E-state index is 0.0690. The average Bonchev–Trinajstić information content (AvgIpc) is 2.65. The molecular weight excluding hydrogens is 300 g/mol. The van der Waals surface area contributed by atoms with Crippen LogP contribution in [0.2, 0.25) is 0 Å². The quantitative estimate of drug-likeness (QED) is 0.880. The van der Waals surface area contributed by atoms with Gasteiger partial charge < -0.3 is 10.2 Å². The maximum Gasteiger partial charge on any atom is 0.258 e. The zero-order valence-electron chi connectivity index (χ0n) is 13.5. The third-order valence-corrected chi connectivity index (χ3v) is 4.13. The molecule has 0 atom stereocenters. The summed E-state index contributed by atoms with van der Waals surface area (Å²) in [5.74, 6) is -0.274. The van der Waals surface area contributed by atoms with E-state index in [0.717, 1.165) is 18.5 Å². The first-order valence-corrected chi connectivity index (χ1v) is 8.09. The number of benzene rings is 2. The van der Waals surface area contributed by atoms with Crippen LogP contribution < -0.4 is 10.2 Å². The van der Waals surface area contributed by atoms with Gasteiger partial charge in [0, 0.05) is 29.9 Å². The summed E-state index contributed by atoms with van der Waals surface area (Å²) >= 11 is 0. The summed E-state index contributed by atoms with van der Waals surface area (Å²) in [6, 6.07) is 14.8. The zero-order valence-corrected chi connectivity index (χ0v) is 13.5. The minimum atomic E-state index is -0.205. The van der Waals surface area contributed by atoms with Gasteiger partial charge in [-0.25, -0.2) is 0 Å². The molecule has 24 heavy (non-hydrogen) atoms. The first-order chi connectivity index (χ1) is 11.7. The predicted octanol–water partition coefficient (Wildman–Crippen LogP) is 3.20. The van der Waals surface area contributed by atoms with Crippen molar-refractivity contribution in [2.45, 2.75) is 12.8 Å². The highest BCUT2D eigenvalue weighted by atomic mass is 16.2. The first-order valence-electron chi connectivity index (χ1n) is 8.09. The van der Waals surface area contributed by atoms with Gasteiger partial charge in [-0.1, -0.05) is 30.3 Å². The van der Waals surface area contributed by atoms with Crippen molar-refractivity contribution in [3.8, 4) is 0 Å². The molecule has 0 spiro atoms. The van der Waals surface area contributed by atoms with E-state index in [1.54, 1.807) is 35.2 Å². The second-order valence-corrected chi connectivity index (χ2v) is 5.77. The molecule has 1 heterocycles. The number of carbonyl (C=O) groups excluding carboxylic acids is 2. The summed E-state index contributed by atoms with van der Waals surface area (Å²) in [7, 11) is 0. The molecule has 1 aliphatic rings. The van der Waals surface area contributed by atoms with Crippen molar-refractivity contribution in [1.82, 2.24) is 5.32 Å². The van der Waals surface area contributed by atoms with Crippen LogP contribution in [0.3, 0.4) is 0 Å². The van der Waals surface area contributed by atoms with Gasteiger partial charge >= 0.3 is 0 Å². The average molecular weight is 320 g/mol. The van der Waals surface area contributed by atoms with Gasteiger partial charge in [0.05, 0.1) is 0 Å². The van der Waals surface area contributed by atoms with Crippen LogP contribution in [0.15, 0.2) is 61.2 Å². The number of anilines is 1. The van der Waals surface area contributed by atoms with Crippen molar-refractivity contribution in [2.75, 3.05) is 18.0 Å². The van der Waals surface area contributed by atoms with Crippen LogP contribution in [0, 0.1) is 0 Å². The Morgan fingerprint density at radius 3 is 2.75 bits per heavy atom. The second-order valence-electron chi connectivity index (χ2n) is 5.77. The van der Waals surface area contributed by atoms with Crippen LogP contribution in [-0.2, 0) is 6.42 Å². The molecule has 1 N–H and O–H groups in total. The predicted molar refractivity (Wildman–Crippen MR) is 95.4 cm³/mol. The van der Waals surface area contributed by atoms with Gasteiger partial charge in [0.2, 0.25) is 0 Å². The minimum Gasteiger partial charge on any atom is -0.349 e. The molecular formula is C20H20N2O2. The highest BCUT2D eigenvalue weighted by Crippen LogP contribution is 2.28. The number of aryl methyl sites for hydroxylation is 1. The number of nitrogens with zero attached hydrogens (tertiary/aromatic N) is 1. The molecule has 2 aromatic carbocycles. The summed E-state index contributed by atoms with van der Waals surface area (Å²) in [4.78, 5) is 26.8. The Morgan fingerprint density at radius 2 is 1.92 bits per heavy atom. The second kappa shape index (κ2) is 7.13. The Bertz CT molecular complexity index is 783. The Labute approximate surface area is 141 Å². The van der Waals surface area contributed by atoms with Crippen molar-refractivity contribution in [3.05, 3.63) is 77.9 Å². The summed E-state index contributed by atoms with van der Waals surface area (Å²) in [5, 5.41) is 2.73. The molecule has 0 radical (unpaired) electrons. The van der Waals surface area contributed by atoms with Crippen LogP contribution in [0.1, 0.15) is 32.7 Å². The molecule has 2 aromatic rings. The van der Waals surface area contributed by atoms with Gasteiger partial charge in [0.1, 0.15) is 0 Å². The van der Waals surface area contributed by atoms with Gasteiger partial charge in [0.25, 0.3) is 11.8 Å². The van der Waals surface area contributed by atoms with E-state index in [1.807, 2.05) is 18.2 Å². The molecule has 0 aromatic heterocycles. The lowest BCUT2D eigenvalue weighted by Crippen LogP contribution is -2.35. The number of nitrogens with one attached hydrogen (secondary N) is 1. The van der Waals surface area contributed by atoms with Gasteiger partial charge in [0.15, 0.2) is 0 Å². The molecule has 0 saturated heterocycles. The molecule has 3 rings (SSSR count). The lowest BCUT2D eigenvalue weighted by molar-refractivity contribution is 0.0958. The van der Waals surface area contributed by atoms with E-state index in [1.165, 1.54) is 5.56 Å². The Hall–Kier alpha value is -2.88. The maximum atomic E-state index is 12.9. The molecule has 0 saturated carbocycles. The molecule has 0 aliphatic carbocycles. The van der Waals surface area contributed by atoms with E-state index < -0.39 is 0 Å². The zero-order chi connectivity index (χ0) is 16.9. The number of amides is 2. The normalized spacial score (nSPS) is 13.1. The summed E-state index contributed by atoms with van der Waals surface area (Å²) < 4.78 is 0. The van der Waals surface area contributed by atoms with Crippen molar-refractivity contribution in [1.29, 1.82) is 0 Å². The lowest BCUT2D eigenvalue weighted by atomic mass is 10.0. The number of carbonyl (C=O) groups is 2. The maximum absolute atomic E-state index is 12.9. The SMILES string of the molecule is C=CCNC(=O)c1cccc(C(=O)N2CCCc3ccccc32)c1. The van der Waals surface area contributed by atoms with Crippen LogP contribution in [0.4, 0.5) is 5.69 Å². The van der Waals surface area contributed by atoms with Gasteiger partial charge in [-0.3, -0.25) is 9.59 Å². The van der Waals surface area contributed by atoms with Crippen LogP contribution in [-0.4, -0.2) is 24.9 Å². The topological polar surface area (TPSA) is 49.4 Å². The molecule has 0 unspecified atom stereocenters. The first kappa shape index (κ1) is 16.0. The van der Waals surface area contributed by atoms with Crippen molar-refractivity contribution >= 4 is 17.5 Å². The molecule has 2 amide bonds. The highest BCUT2D eigenvalue weighted by molar-refractivity contribution is 6.08. The van der Waals surface area contributed by atoms with E-state index in [9.17, 15) is 9.59 Å². The molecule has 0 fully saturated rings. The van der Waals surface area contributed by atoms with Crippen molar-refractivity contribution < 1.29 is 9.59 Å². The van der Waals surface area contributed by atoms with Gasteiger partial charge in [-0.2, -0.15) is 0 Å². The molecule has 4 heteroatoms. The monoisotopic (exact) mass is 320 g/mol. The largest absolute Gasteiger partial charge is 0.349 e. The van der Waals surface area contributed by atoms with Gasteiger partial charge in [-0.15, -0.1) is 6.58 Å². The van der Waals surface area contributed by atoms with Crippen molar-refractivity contribution in [2.24, 2.45) is 0 Å².